The molecule has 1 aliphatic rings. The molecule has 0 radical (unpaired) electrons. The molecule has 1 aliphatic heterocycles. The van der Waals surface area contributed by atoms with E-state index in [2.05, 4.69) is 0 Å². The number of hydrogen-bond donors (Lipinski definition) is 0. The van der Waals surface area contributed by atoms with Gasteiger partial charge in [-0.25, -0.2) is 9.69 Å². The van der Waals surface area contributed by atoms with Crippen molar-refractivity contribution < 1.29 is 19.1 Å². The Bertz CT molecular complexity index is 290. The molecule has 0 aliphatic carbocycles. The SMILES string of the molecule is CC(C)(C)OC(=O)N1C(=O)COC1(C)C. The minimum atomic E-state index is -0.917. The second-order valence-corrected chi connectivity index (χ2v) is 4.94. The van der Waals surface area contributed by atoms with Crippen LogP contribution in [0.4, 0.5) is 4.79 Å². The molecule has 0 unspecified atom stereocenters. The maximum absolute atomic E-state index is 11.7. The summed E-state index contributed by atoms with van der Waals surface area (Å²) < 4.78 is 10.3. The molecule has 0 spiro atoms. The zero-order chi connectivity index (χ0) is 11.9. The molecular weight excluding hydrogens is 198 g/mol. The van der Waals surface area contributed by atoms with Gasteiger partial charge in [-0.15, -0.1) is 0 Å². The van der Waals surface area contributed by atoms with Crippen LogP contribution in [-0.2, 0) is 14.3 Å². The monoisotopic (exact) mass is 215 g/mol. The van der Waals surface area contributed by atoms with Crippen molar-refractivity contribution in [2.24, 2.45) is 0 Å². The van der Waals surface area contributed by atoms with Crippen LogP contribution in [-0.4, -0.2) is 34.8 Å². The van der Waals surface area contributed by atoms with E-state index in [1.807, 2.05) is 0 Å². The van der Waals surface area contributed by atoms with E-state index in [-0.39, 0.29) is 12.5 Å². The van der Waals surface area contributed by atoms with Crippen LogP contribution in [0.25, 0.3) is 0 Å². The maximum atomic E-state index is 11.7. The van der Waals surface area contributed by atoms with Crippen LogP contribution in [0.15, 0.2) is 0 Å². The van der Waals surface area contributed by atoms with Crippen molar-refractivity contribution in [3.05, 3.63) is 0 Å². The quantitative estimate of drug-likeness (QED) is 0.614. The molecule has 15 heavy (non-hydrogen) atoms. The molecule has 0 N–H and O–H groups in total. The molecule has 2 amide bonds. The van der Waals surface area contributed by atoms with Gasteiger partial charge < -0.3 is 9.47 Å². The van der Waals surface area contributed by atoms with Crippen LogP contribution in [0.2, 0.25) is 0 Å². The summed E-state index contributed by atoms with van der Waals surface area (Å²) in [5, 5.41) is 0. The standard InChI is InChI=1S/C10H17NO4/c1-9(2,3)15-8(13)11-7(12)6-14-10(11,4)5/h6H2,1-5H3. The van der Waals surface area contributed by atoms with Crippen molar-refractivity contribution in [3.63, 3.8) is 0 Å². The van der Waals surface area contributed by atoms with Crippen LogP contribution in [0, 0.1) is 0 Å². The lowest BCUT2D eigenvalue weighted by atomic mass is 10.2. The van der Waals surface area contributed by atoms with E-state index in [9.17, 15) is 9.59 Å². The van der Waals surface area contributed by atoms with E-state index >= 15 is 0 Å². The number of nitrogens with zero attached hydrogens (tertiary/aromatic N) is 1. The number of rotatable bonds is 0. The smallest absolute Gasteiger partial charge is 0.419 e. The van der Waals surface area contributed by atoms with Gasteiger partial charge in [0.1, 0.15) is 17.9 Å². The van der Waals surface area contributed by atoms with Gasteiger partial charge in [0, 0.05) is 0 Å². The highest BCUT2D eigenvalue weighted by atomic mass is 16.6. The van der Waals surface area contributed by atoms with Gasteiger partial charge in [0.2, 0.25) is 0 Å². The van der Waals surface area contributed by atoms with E-state index in [0.29, 0.717) is 0 Å². The van der Waals surface area contributed by atoms with Crippen molar-refractivity contribution >= 4 is 12.0 Å². The van der Waals surface area contributed by atoms with Crippen LogP contribution >= 0.6 is 0 Å². The highest BCUT2D eigenvalue weighted by Crippen LogP contribution is 2.25. The van der Waals surface area contributed by atoms with Crippen LogP contribution < -0.4 is 0 Å². The van der Waals surface area contributed by atoms with Gasteiger partial charge >= 0.3 is 6.09 Å². The first-order valence-corrected chi connectivity index (χ1v) is 4.83. The number of imide groups is 1. The van der Waals surface area contributed by atoms with Crippen molar-refractivity contribution in [1.82, 2.24) is 4.90 Å². The Hall–Kier alpha value is -1.10. The zero-order valence-electron chi connectivity index (χ0n) is 9.79. The topological polar surface area (TPSA) is 55.8 Å². The van der Waals surface area contributed by atoms with Gasteiger partial charge in [0.15, 0.2) is 0 Å². The molecule has 0 aromatic rings. The molecule has 5 nitrogen and oxygen atoms in total. The molecule has 0 aromatic carbocycles. The van der Waals surface area contributed by atoms with Gasteiger partial charge in [-0.3, -0.25) is 4.79 Å². The lowest BCUT2D eigenvalue weighted by Crippen LogP contribution is -2.48. The van der Waals surface area contributed by atoms with Crippen LogP contribution in [0.5, 0.6) is 0 Å². The average molecular weight is 215 g/mol. The molecule has 1 fully saturated rings. The van der Waals surface area contributed by atoms with Gasteiger partial charge in [-0.05, 0) is 34.6 Å². The maximum Gasteiger partial charge on any atom is 0.419 e. The Balaban J connectivity index is 2.79. The molecule has 0 bridgehead atoms. The predicted octanol–water partition coefficient (Wildman–Crippen LogP) is 1.52. The first-order chi connectivity index (χ1) is 6.63. The van der Waals surface area contributed by atoms with E-state index < -0.39 is 17.4 Å². The fourth-order valence-electron chi connectivity index (χ4n) is 1.30. The molecule has 0 saturated carbocycles. The van der Waals surface area contributed by atoms with Crippen LogP contribution in [0.3, 0.4) is 0 Å². The number of carbonyl (C=O) groups is 2. The van der Waals surface area contributed by atoms with Gasteiger partial charge in [0.25, 0.3) is 5.91 Å². The summed E-state index contributed by atoms with van der Waals surface area (Å²) >= 11 is 0. The second-order valence-electron chi connectivity index (χ2n) is 4.94. The molecule has 0 aromatic heterocycles. The Labute approximate surface area is 89.3 Å². The summed E-state index contributed by atoms with van der Waals surface area (Å²) in [6.07, 6.45) is -0.657. The highest BCUT2D eigenvalue weighted by Gasteiger charge is 2.45. The predicted molar refractivity (Wildman–Crippen MR) is 53.1 cm³/mol. The van der Waals surface area contributed by atoms with Crippen molar-refractivity contribution in [3.8, 4) is 0 Å². The number of ether oxygens (including phenoxy) is 2. The summed E-state index contributed by atoms with van der Waals surface area (Å²) in [4.78, 5) is 24.1. The van der Waals surface area contributed by atoms with E-state index in [4.69, 9.17) is 9.47 Å². The lowest BCUT2D eigenvalue weighted by Gasteiger charge is -2.30. The summed E-state index contributed by atoms with van der Waals surface area (Å²) in [5.41, 5.74) is -1.53. The molecular formula is C10H17NO4. The molecule has 1 saturated heterocycles. The zero-order valence-corrected chi connectivity index (χ0v) is 9.79. The third-order valence-corrected chi connectivity index (χ3v) is 1.91. The van der Waals surface area contributed by atoms with Crippen molar-refractivity contribution in [2.75, 3.05) is 6.61 Å². The van der Waals surface area contributed by atoms with E-state index in [1.54, 1.807) is 34.6 Å². The minimum Gasteiger partial charge on any atom is -0.443 e. The molecule has 1 rings (SSSR count). The normalized spacial score (nSPS) is 20.6. The Morgan fingerprint density at radius 3 is 2.33 bits per heavy atom. The number of hydrogen-bond acceptors (Lipinski definition) is 4. The van der Waals surface area contributed by atoms with Crippen molar-refractivity contribution in [1.29, 1.82) is 0 Å². The molecule has 1 heterocycles. The lowest BCUT2D eigenvalue weighted by molar-refractivity contribution is -0.129. The summed E-state index contributed by atoms with van der Waals surface area (Å²) in [7, 11) is 0. The first kappa shape index (κ1) is 12.0. The summed E-state index contributed by atoms with van der Waals surface area (Å²) in [6.45, 7) is 8.48. The number of amides is 2. The highest BCUT2D eigenvalue weighted by molar-refractivity contribution is 5.94. The summed E-state index contributed by atoms with van der Waals surface area (Å²) in [5.74, 6) is -0.366. The third-order valence-electron chi connectivity index (χ3n) is 1.91. The first-order valence-electron chi connectivity index (χ1n) is 4.83. The van der Waals surface area contributed by atoms with E-state index in [1.165, 1.54) is 0 Å². The average Bonchev–Trinajstić information content (AvgIpc) is 2.21. The van der Waals surface area contributed by atoms with Gasteiger partial charge in [0.05, 0.1) is 0 Å². The van der Waals surface area contributed by atoms with Crippen molar-refractivity contribution in [2.45, 2.75) is 45.9 Å². The number of carbonyl (C=O) groups excluding carboxylic acids is 2. The fourth-order valence-corrected chi connectivity index (χ4v) is 1.30. The van der Waals surface area contributed by atoms with Crippen LogP contribution in [0.1, 0.15) is 34.6 Å². The van der Waals surface area contributed by atoms with Gasteiger partial charge in [-0.2, -0.15) is 0 Å². The van der Waals surface area contributed by atoms with E-state index in [0.717, 1.165) is 4.90 Å². The largest absolute Gasteiger partial charge is 0.443 e. The Kier molecular flexibility index (Phi) is 2.78. The molecule has 5 heteroatoms. The Morgan fingerprint density at radius 2 is 2.00 bits per heavy atom. The second kappa shape index (κ2) is 3.48. The molecule has 0 atom stereocenters. The Morgan fingerprint density at radius 1 is 1.47 bits per heavy atom. The van der Waals surface area contributed by atoms with Gasteiger partial charge in [-0.1, -0.05) is 0 Å². The minimum absolute atomic E-state index is 0.0771. The fraction of sp³-hybridized carbons (Fsp3) is 0.800. The summed E-state index contributed by atoms with van der Waals surface area (Å²) in [6, 6.07) is 0. The third kappa shape index (κ3) is 2.68. The molecule has 86 valence electrons.